The van der Waals surface area contributed by atoms with E-state index in [-0.39, 0.29) is 5.82 Å². The summed E-state index contributed by atoms with van der Waals surface area (Å²) in [6.45, 7) is 5.89. The molecule has 0 fully saturated rings. The molecule has 3 nitrogen and oxygen atoms in total. The summed E-state index contributed by atoms with van der Waals surface area (Å²) in [7, 11) is 0. The van der Waals surface area contributed by atoms with Gasteiger partial charge in [-0.1, -0.05) is 13.8 Å². The molecular formula is C14H20FN3. The van der Waals surface area contributed by atoms with Crippen molar-refractivity contribution in [1.29, 1.82) is 0 Å². The van der Waals surface area contributed by atoms with Crippen molar-refractivity contribution in [3.63, 3.8) is 0 Å². The van der Waals surface area contributed by atoms with E-state index in [2.05, 4.69) is 23.4 Å². The second kappa shape index (κ2) is 5.48. The van der Waals surface area contributed by atoms with Gasteiger partial charge in [0.15, 0.2) is 0 Å². The van der Waals surface area contributed by atoms with Gasteiger partial charge >= 0.3 is 0 Å². The van der Waals surface area contributed by atoms with Crippen LogP contribution in [-0.2, 0) is 13.0 Å². The molecule has 4 heteroatoms. The Kier molecular flexibility index (Phi) is 3.97. The number of imidazole rings is 1. The molecule has 0 aliphatic heterocycles. The van der Waals surface area contributed by atoms with Crippen molar-refractivity contribution in [2.75, 3.05) is 6.54 Å². The fourth-order valence-electron chi connectivity index (χ4n) is 2.17. The number of benzene rings is 1. The van der Waals surface area contributed by atoms with Crippen molar-refractivity contribution in [2.45, 2.75) is 33.2 Å². The zero-order valence-electron chi connectivity index (χ0n) is 11.0. The van der Waals surface area contributed by atoms with Gasteiger partial charge in [-0.2, -0.15) is 0 Å². The predicted molar refractivity (Wildman–Crippen MR) is 71.9 cm³/mol. The summed E-state index contributed by atoms with van der Waals surface area (Å²) in [6, 6.07) is 4.80. The van der Waals surface area contributed by atoms with Crippen LogP contribution in [0.4, 0.5) is 4.39 Å². The highest BCUT2D eigenvalue weighted by Gasteiger charge is 2.12. The van der Waals surface area contributed by atoms with Crippen LogP contribution in [0.1, 0.15) is 26.1 Å². The molecule has 0 saturated carbocycles. The van der Waals surface area contributed by atoms with Gasteiger partial charge in [0.2, 0.25) is 0 Å². The summed E-state index contributed by atoms with van der Waals surface area (Å²) < 4.78 is 15.4. The highest BCUT2D eigenvalue weighted by molar-refractivity contribution is 5.76. The smallest absolute Gasteiger partial charge is 0.125 e. The molecule has 0 amide bonds. The summed E-state index contributed by atoms with van der Waals surface area (Å²) in [5, 5.41) is 0. The Hall–Kier alpha value is -1.42. The van der Waals surface area contributed by atoms with E-state index in [9.17, 15) is 4.39 Å². The highest BCUT2D eigenvalue weighted by atomic mass is 19.1. The Bertz CT molecular complexity index is 531. The minimum absolute atomic E-state index is 0.234. The van der Waals surface area contributed by atoms with E-state index < -0.39 is 0 Å². The number of rotatable bonds is 5. The lowest BCUT2D eigenvalue weighted by Crippen LogP contribution is -2.10. The molecule has 18 heavy (non-hydrogen) atoms. The van der Waals surface area contributed by atoms with Crippen molar-refractivity contribution < 1.29 is 4.39 Å². The van der Waals surface area contributed by atoms with E-state index >= 15 is 0 Å². The van der Waals surface area contributed by atoms with Gasteiger partial charge < -0.3 is 10.3 Å². The summed E-state index contributed by atoms with van der Waals surface area (Å²) in [6.07, 6.45) is 1.75. The largest absolute Gasteiger partial charge is 0.330 e. The second-order valence-corrected chi connectivity index (χ2v) is 5.06. The van der Waals surface area contributed by atoms with E-state index in [1.54, 1.807) is 0 Å². The van der Waals surface area contributed by atoms with E-state index in [1.807, 2.05) is 6.07 Å². The Balaban J connectivity index is 2.45. The third-order valence-corrected chi connectivity index (χ3v) is 2.94. The van der Waals surface area contributed by atoms with Gasteiger partial charge in [-0.05, 0) is 31.0 Å². The maximum absolute atomic E-state index is 13.2. The average molecular weight is 249 g/mol. The molecule has 0 aliphatic rings. The number of nitrogens with two attached hydrogens (primary N) is 1. The molecule has 0 atom stereocenters. The maximum atomic E-state index is 13.2. The minimum Gasteiger partial charge on any atom is -0.330 e. The number of hydrogen-bond acceptors (Lipinski definition) is 2. The Morgan fingerprint density at radius 2 is 2.17 bits per heavy atom. The standard InChI is InChI=1S/C14H20FN3/c1-10(2)9-18-13-6-5-11(15)8-12(13)17-14(18)4-3-7-16/h5-6,8,10H,3-4,7,9,16H2,1-2H3. The Morgan fingerprint density at radius 3 is 2.83 bits per heavy atom. The average Bonchev–Trinajstić information content (AvgIpc) is 2.63. The maximum Gasteiger partial charge on any atom is 0.125 e. The first-order valence-corrected chi connectivity index (χ1v) is 6.46. The molecule has 1 aromatic carbocycles. The molecule has 0 spiro atoms. The number of halogens is 1. The van der Waals surface area contributed by atoms with Crippen molar-refractivity contribution in [3.8, 4) is 0 Å². The van der Waals surface area contributed by atoms with Gasteiger partial charge in [0.05, 0.1) is 11.0 Å². The van der Waals surface area contributed by atoms with Crippen LogP contribution < -0.4 is 5.73 Å². The quantitative estimate of drug-likeness (QED) is 0.885. The van der Waals surface area contributed by atoms with Crippen LogP contribution >= 0.6 is 0 Å². The molecular weight excluding hydrogens is 229 g/mol. The molecule has 2 N–H and O–H groups in total. The van der Waals surface area contributed by atoms with E-state index in [1.165, 1.54) is 12.1 Å². The molecule has 2 aromatic rings. The van der Waals surface area contributed by atoms with E-state index in [0.717, 1.165) is 36.2 Å². The van der Waals surface area contributed by atoms with Gasteiger partial charge in [0.25, 0.3) is 0 Å². The fraction of sp³-hybridized carbons (Fsp3) is 0.500. The van der Waals surface area contributed by atoms with Crippen LogP contribution in [0.3, 0.4) is 0 Å². The summed E-state index contributed by atoms with van der Waals surface area (Å²) in [4.78, 5) is 4.53. The Morgan fingerprint density at radius 1 is 1.39 bits per heavy atom. The summed E-state index contributed by atoms with van der Waals surface area (Å²) >= 11 is 0. The lowest BCUT2D eigenvalue weighted by Gasteiger charge is -2.11. The van der Waals surface area contributed by atoms with Crippen LogP contribution in [0.25, 0.3) is 11.0 Å². The first kappa shape index (κ1) is 13.0. The van der Waals surface area contributed by atoms with Gasteiger partial charge in [-0.25, -0.2) is 9.37 Å². The zero-order valence-corrected chi connectivity index (χ0v) is 11.0. The Labute approximate surface area is 107 Å². The molecule has 0 unspecified atom stereocenters. The molecule has 1 aromatic heterocycles. The lowest BCUT2D eigenvalue weighted by atomic mass is 10.2. The van der Waals surface area contributed by atoms with Crippen LogP contribution in [0.5, 0.6) is 0 Å². The minimum atomic E-state index is -0.234. The summed E-state index contributed by atoms with van der Waals surface area (Å²) in [5.41, 5.74) is 7.30. The van der Waals surface area contributed by atoms with Crippen LogP contribution in [0.15, 0.2) is 18.2 Å². The van der Waals surface area contributed by atoms with Gasteiger partial charge in [-0.3, -0.25) is 0 Å². The SMILES string of the molecule is CC(C)Cn1c(CCCN)nc2cc(F)ccc21. The summed E-state index contributed by atoms with van der Waals surface area (Å²) in [5.74, 6) is 1.31. The number of hydrogen-bond donors (Lipinski definition) is 1. The topological polar surface area (TPSA) is 43.8 Å². The molecule has 2 rings (SSSR count). The lowest BCUT2D eigenvalue weighted by molar-refractivity contribution is 0.514. The highest BCUT2D eigenvalue weighted by Crippen LogP contribution is 2.20. The van der Waals surface area contributed by atoms with Crippen molar-refractivity contribution >= 4 is 11.0 Å². The molecule has 1 heterocycles. The van der Waals surface area contributed by atoms with E-state index in [4.69, 9.17) is 5.73 Å². The molecule has 98 valence electrons. The number of nitrogens with zero attached hydrogens (tertiary/aromatic N) is 2. The van der Waals surface area contributed by atoms with Gasteiger partial charge in [0.1, 0.15) is 11.6 Å². The van der Waals surface area contributed by atoms with Crippen LogP contribution in [-0.4, -0.2) is 16.1 Å². The second-order valence-electron chi connectivity index (χ2n) is 5.06. The van der Waals surface area contributed by atoms with Crippen molar-refractivity contribution in [2.24, 2.45) is 11.7 Å². The first-order valence-electron chi connectivity index (χ1n) is 6.46. The van der Waals surface area contributed by atoms with Gasteiger partial charge in [-0.15, -0.1) is 0 Å². The van der Waals surface area contributed by atoms with Crippen molar-refractivity contribution in [1.82, 2.24) is 9.55 Å². The molecule has 0 aliphatic carbocycles. The number of aromatic nitrogens is 2. The van der Waals surface area contributed by atoms with Gasteiger partial charge in [0, 0.05) is 19.0 Å². The normalized spacial score (nSPS) is 11.6. The number of fused-ring (bicyclic) bond motifs is 1. The van der Waals surface area contributed by atoms with Crippen LogP contribution in [0, 0.1) is 11.7 Å². The third-order valence-electron chi connectivity index (χ3n) is 2.94. The van der Waals surface area contributed by atoms with Crippen LogP contribution in [0.2, 0.25) is 0 Å². The predicted octanol–water partition coefficient (Wildman–Crippen LogP) is 2.72. The van der Waals surface area contributed by atoms with E-state index in [0.29, 0.717) is 12.5 Å². The number of aryl methyl sites for hydroxylation is 1. The molecule has 0 saturated heterocycles. The van der Waals surface area contributed by atoms with Crippen molar-refractivity contribution in [3.05, 3.63) is 29.8 Å². The first-order chi connectivity index (χ1) is 8.61. The third kappa shape index (κ3) is 2.70. The zero-order chi connectivity index (χ0) is 13.1. The molecule has 0 radical (unpaired) electrons. The fourth-order valence-corrected chi connectivity index (χ4v) is 2.17. The monoisotopic (exact) mass is 249 g/mol. The molecule has 0 bridgehead atoms.